The molecule has 13 heavy (non-hydrogen) atoms. The largest absolute Gasteiger partial charge is 0.365 e. The highest BCUT2D eigenvalue weighted by Crippen LogP contribution is 1.88. The summed E-state index contributed by atoms with van der Waals surface area (Å²) in [7, 11) is 6.06. The number of hydrogen-bond donors (Lipinski definition) is 3. The molecule has 4 N–H and O–H groups in total. The predicted molar refractivity (Wildman–Crippen MR) is 47.9 cm³/mol. The first-order valence-corrected chi connectivity index (χ1v) is 3.84. The van der Waals surface area contributed by atoms with Gasteiger partial charge < -0.3 is 10.2 Å². The van der Waals surface area contributed by atoms with E-state index >= 15 is 0 Å². The Kier molecular flexibility index (Phi) is 4.12. The Labute approximate surface area is 76.9 Å². The Hall–Kier alpha value is -1.37. The van der Waals surface area contributed by atoms with Gasteiger partial charge in [0.2, 0.25) is 0 Å². The minimum Gasteiger partial charge on any atom is -0.365 e. The van der Waals surface area contributed by atoms with Gasteiger partial charge in [0.15, 0.2) is 0 Å². The fraction of sp³-hybridized carbons (Fsp3) is 0.833. The number of hydrogen-bond acceptors (Lipinski definition) is 2. The van der Waals surface area contributed by atoms with E-state index in [-0.39, 0.29) is 5.96 Å². The van der Waals surface area contributed by atoms with Gasteiger partial charge in [-0.3, -0.25) is 0 Å². The first-order chi connectivity index (χ1) is 5.81. The van der Waals surface area contributed by atoms with Gasteiger partial charge in [0, 0.05) is 0 Å². The highest BCUT2D eigenvalue weighted by molar-refractivity contribution is 5.76. The van der Waals surface area contributed by atoms with Gasteiger partial charge in [-0.2, -0.15) is 0 Å². The number of nitrogens with two attached hydrogens (primary N) is 1. The lowest BCUT2D eigenvalue weighted by Gasteiger charge is -2.22. The van der Waals surface area contributed by atoms with Crippen LogP contribution < -0.4 is 11.2 Å². The summed E-state index contributed by atoms with van der Waals surface area (Å²) in [5.74, 6) is -0.0917. The number of guanidine groups is 1. The van der Waals surface area contributed by atoms with Crippen LogP contribution in [0.15, 0.2) is 4.99 Å². The first kappa shape index (κ1) is 11.6. The molecule has 0 aromatic rings. The maximum atomic E-state index is 10.0. The molecular weight excluding hydrogens is 174 g/mol. The summed E-state index contributed by atoms with van der Waals surface area (Å²) in [6.07, 6.45) is 0. The van der Waals surface area contributed by atoms with Gasteiger partial charge in [-0.15, -0.1) is 0 Å². The van der Waals surface area contributed by atoms with Crippen LogP contribution in [0.25, 0.3) is 0 Å². The molecule has 0 aromatic carbocycles. The van der Waals surface area contributed by atoms with Crippen molar-refractivity contribution < 1.29 is 14.7 Å². The van der Waals surface area contributed by atoms with Crippen LogP contribution in [0.1, 0.15) is 0 Å². The fourth-order valence-electron chi connectivity index (χ4n) is 0.604. The Morgan fingerprint density at radius 1 is 1.62 bits per heavy atom. The molecular formula is C6H17N5O2+2. The topological polar surface area (TPSA) is 90.7 Å². The molecule has 0 heterocycles. The van der Waals surface area contributed by atoms with Crippen molar-refractivity contribution in [3.05, 3.63) is 4.91 Å². The second-order valence-corrected chi connectivity index (χ2v) is 3.67. The zero-order valence-corrected chi connectivity index (χ0v) is 8.19. The van der Waals surface area contributed by atoms with Crippen molar-refractivity contribution in [1.29, 1.82) is 0 Å². The minimum atomic E-state index is -0.481. The number of likely N-dealkylation sites (N-methyl/N-ethyl adjacent to an activating group) is 1. The molecule has 0 saturated heterocycles. The summed E-state index contributed by atoms with van der Waals surface area (Å²) in [4.78, 5) is 13.8. The number of quaternary nitrogens is 1. The van der Waals surface area contributed by atoms with Crippen molar-refractivity contribution in [2.45, 2.75) is 0 Å². The molecule has 7 heteroatoms. The molecule has 76 valence electrons. The van der Waals surface area contributed by atoms with Crippen LogP contribution in [0.2, 0.25) is 0 Å². The molecule has 0 aromatic heterocycles. The van der Waals surface area contributed by atoms with Crippen LogP contribution in [-0.2, 0) is 0 Å². The lowest BCUT2D eigenvalue weighted by atomic mass is 10.5. The summed E-state index contributed by atoms with van der Waals surface area (Å²) in [5, 5.41) is 7.70. The van der Waals surface area contributed by atoms with Gasteiger partial charge in [-0.05, 0) is 5.43 Å². The van der Waals surface area contributed by atoms with Gasteiger partial charge in [0.25, 0.3) is 5.96 Å². The number of nitrogens with zero attached hydrogens (tertiary/aromatic N) is 3. The standard InChI is InChI=1S/C6H17N5O2/c1-11(2,3)5-4-8-6(7)9-10(12)13/h4-5H2,1-3H3,(H,12,13)(H3,7,8,9)/q+2. The second kappa shape index (κ2) is 4.61. The molecule has 0 rings (SSSR count). The SMILES string of the molecule is C[N+](C)(C)CCN=C(N)N[N+](=O)O. The van der Waals surface area contributed by atoms with Crippen molar-refractivity contribution in [1.82, 2.24) is 5.43 Å². The average Bonchev–Trinajstić information content (AvgIpc) is 1.81. The van der Waals surface area contributed by atoms with Crippen LogP contribution >= 0.6 is 0 Å². The second-order valence-electron chi connectivity index (χ2n) is 3.67. The van der Waals surface area contributed by atoms with E-state index in [2.05, 4.69) is 4.99 Å². The van der Waals surface area contributed by atoms with Crippen LogP contribution in [0, 0.1) is 4.91 Å². The minimum absolute atomic E-state index is 0.0917. The third-order valence-electron chi connectivity index (χ3n) is 1.26. The Bertz CT molecular complexity index is 208. The number of hydrazine groups is 1. The van der Waals surface area contributed by atoms with E-state index in [0.29, 0.717) is 6.54 Å². The van der Waals surface area contributed by atoms with Crippen LogP contribution in [-0.4, -0.2) is 54.9 Å². The molecule has 7 nitrogen and oxygen atoms in total. The Morgan fingerprint density at radius 3 is 2.54 bits per heavy atom. The molecule has 0 aliphatic heterocycles. The molecule has 0 saturated carbocycles. The maximum absolute atomic E-state index is 10.0. The van der Waals surface area contributed by atoms with E-state index in [1.807, 2.05) is 26.6 Å². The van der Waals surface area contributed by atoms with Gasteiger partial charge in [0.05, 0.1) is 34.2 Å². The third-order valence-corrected chi connectivity index (χ3v) is 1.26. The smallest absolute Gasteiger partial charge is 0.362 e. The van der Waals surface area contributed by atoms with Gasteiger partial charge >= 0.3 is 5.03 Å². The van der Waals surface area contributed by atoms with Crippen LogP contribution in [0.3, 0.4) is 0 Å². The monoisotopic (exact) mass is 191 g/mol. The van der Waals surface area contributed by atoms with Gasteiger partial charge in [0.1, 0.15) is 4.91 Å². The van der Waals surface area contributed by atoms with Crippen LogP contribution in [0.5, 0.6) is 0 Å². The van der Waals surface area contributed by atoms with E-state index in [1.54, 1.807) is 0 Å². The zero-order chi connectivity index (χ0) is 10.5. The predicted octanol–water partition coefficient (Wildman–Crippen LogP) is -1.32. The Morgan fingerprint density at radius 2 is 2.15 bits per heavy atom. The molecule has 0 amide bonds. The zero-order valence-electron chi connectivity index (χ0n) is 8.19. The number of nitrogens with one attached hydrogen (secondary N) is 1. The average molecular weight is 191 g/mol. The summed E-state index contributed by atoms with van der Waals surface area (Å²) in [5.41, 5.74) is 7.12. The van der Waals surface area contributed by atoms with E-state index in [4.69, 9.17) is 10.9 Å². The van der Waals surface area contributed by atoms with Crippen molar-refractivity contribution in [2.24, 2.45) is 10.7 Å². The molecule has 0 atom stereocenters. The maximum Gasteiger partial charge on any atom is 0.362 e. The highest BCUT2D eigenvalue weighted by atomic mass is 16.7. The van der Waals surface area contributed by atoms with Crippen molar-refractivity contribution in [3.8, 4) is 0 Å². The third kappa shape index (κ3) is 8.54. The van der Waals surface area contributed by atoms with Crippen molar-refractivity contribution in [2.75, 3.05) is 34.2 Å². The summed E-state index contributed by atoms with van der Waals surface area (Å²) in [6, 6.07) is 0. The van der Waals surface area contributed by atoms with E-state index in [0.717, 1.165) is 11.0 Å². The Balaban J connectivity index is 3.78. The lowest BCUT2D eigenvalue weighted by Crippen LogP contribution is -2.40. The van der Waals surface area contributed by atoms with Crippen molar-refractivity contribution in [3.63, 3.8) is 0 Å². The molecule has 0 fully saturated rings. The molecule has 0 unspecified atom stereocenters. The molecule has 0 radical (unpaired) electrons. The van der Waals surface area contributed by atoms with E-state index in [9.17, 15) is 4.91 Å². The summed E-state index contributed by atoms with van der Waals surface area (Å²) >= 11 is 0. The van der Waals surface area contributed by atoms with Crippen molar-refractivity contribution >= 4 is 5.96 Å². The number of rotatable bonds is 4. The fourth-order valence-corrected chi connectivity index (χ4v) is 0.604. The summed E-state index contributed by atoms with van der Waals surface area (Å²) < 4.78 is 0.761. The number of aliphatic imine (C=N–C) groups is 1. The summed E-state index contributed by atoms with van der Waals surface area (Å²) in [6.45, 7) is 1.29. The molecule has 0 spiro atoms. The quantitative estimate of drug-likeness (QED) is 0.222. The van der Waals surface area contributed by atoms with Gasteiger partial charge in [-0.1, -0.05) is 0 Å². The normalized spacial score (nSPS) is 12.7. The lowest BCUT2D eigenvalue weighted by molar-refractivity contribution is -0.868. The molecule has 0 aliphatic carbocycles. The van der Waals surface area contributed by atoms with E-state index < -0.39 is 5.03 Å². The molecule has 0 bridgehead atoms. The first-order valence-electron chi connectivity index (χ1n) is 3.84. The molecule has 0 aliphatic rings. The van der Waals surface area contributed by atoms with Gasteiger partial charge in [-0.25, -0.2) is 10.2 Å². The van der Waals surface area contributed by atoms with Crippen LogP contribution in [0.4, 0.5) is 0 Å². The van der Waals surface area contributed by atoms with E-state index in [1.165, 1.54) is 0 Å². The highest BCUT2D eigenvalue weighted by Gasteiger charge is 2.07.